The van der Waals surface area contributed by atoms with Gasteiger partial charge in [-0.2, -0.15) is 0 Å². The first-order chi connectivity index (χ1) is 16.2. The molecule has 0 radical (unpaired) electrons. The molecule has 0 unspecified atom stereocenters. The van der Waals surface area contributed by atoms with Crippen molar-refractivity contribution in [2.45, 2.75) is 11.5 Å². The van der Waals surface area contributed by atoms with Crippen molar-refractivity contribution in [3.05, 3.63) is 101 Å². The van der Waals surface area contributed by atoms with Crippen LogP contribution in [0.5, 0.6) is 5.75 Å². The number of hydrogen-bond donors (Lipinski definition) is 0. The highest BCUT2D eigenvalue weighted by molar-refractivity contribution is 7.89. The summed E-state index contributed by atoms with van der Waals surface area (Å²) in [7, 11) is 0.716. The van der Waals surface area contributed by atoms with E-state index < -0.39 is 10.0 Å². The maximum Gasteiger partial charge on any atom is 0.337 e. The molecule has 3 rings (SSSR count). The molecule has 176 valence electrons. The van der Waals surface area contributed by atoms with Crippen molar-refractivity contribution < 1.29 is 27.5 Å². The molecule has 0 aliphatic heterocycles. The molecule has 7 nitrogen and oxygen atoms in total. The molecule has 0 bridgehead atoms. The van der Waals surface area contributed by atoms with Crippen molar-refractivity contribution in [1.29, 1.82) is 0 Å². The summed E-state index contributed by atoms with van der Waals surface area (Å²) in [6.45, 7) is 0.342. The fourth-order valence-corrected chi connectivity index (χ4v) is 3.87. The lowest BCUT2D eigenvalue weighted by Gasteiger charge is -2.11. The molecule has 0 spiro atoms. The Morgan fingerprint density at radius 1 is 0.853 bits per heavy atom. The highest BCUT2D eigenvalue weighted by Gasteiger charge is 2.17. The number of nitrogens with zero attached hydrogens (tertiary/aromatic N) is 1. The molecule has 0 fully saturated rings. The monoisotopic (exact) mass is 479 g/mol. The van der Waals surface area contributed by atoms with Gasteiger partial charge in [0.2, 0.25) is 10.0 Å². The van der Waals surface area contributed by atoms with Gasteiger partial charge in [-0.05, 0) is 65.7 Å². The van der Waals surface area contributed by atoms with Gasteiger partial charge in [-0.3, -0.25) is 4.79 Å². The number of ketones is 1. The average molecular weight is 480 g/mol. The van der Waals surface area contributed by atoms with E-state index in [2.05, 4.69) is 4.74 Å². The van der Waals surface area contributed by atoms with Crippen LogP contribution in [0.1, 0.15) is 31.8 Å². The fraction of sp³-hybridized carbons (Fsp3) is 0.154. The van der Waals surface area contributed by atoms with Crippen molar-refractivity contribution in [3.8, 4) is 5.75 Å². The summed E-state index contributed by atoms with van der Waals surface area (Å²) in [5.41, 5.74) is 2.60. The van der Waals surface area contributed by atoms with Gasteiger partial charge in [0.25, 0.3) is 0 Å². The van der Waals surface area contributed by atoms with Crippen molar-refractivity contribution in [2.24, 2.45) is 0 Å². The Morgan fingerprint density at radius 2 is 1.44 bits per heavy atom. The molecule has 0 aliphatic rings. The SMILES string of the molecule is COC(=O)c1ccc(COc2ccc(C=CC(=O)c3ccc(S(=O)(=O)N(C)C)cc3)cc2)cc1. The van der Waals surface area contributed by atoms with Gasteiger partial charge < -0.3 is 9.47 Å². The molecule has 0 amide bonds. The summed E-state index contributed by atoms with van der Waals surface area (Å²) in [5, 5.41) is 0. The molecule has 0 aliphatic carbocycles. The lowest BCUT2D eigenvalue weighted by molar-refractivity contribution is 0.0600. The number of benzene rings is 3. The van der Waals surface area contributed by atoms with Crippen LogP contribution in [0, 0.1) is 0 Å². The van der Waals surface area contributed by atoms with E-state index in [1.165, 1.54) is 51.5 Å². The lowest BCUT2D eigenvalue weighted by Crippen LogP contribution is -2.22. The summed E-state index contributed by atoms with van der Waals surface area (Å²) < 4.78 is 35.8. The number of allylic oxidation sites excluding steroid dienone is 1. The normalized spacial score (nSPS) is 11.5. The molecular weight excluding hydrogens is 454 g/mol. The summed E-state index contributed by atoms with van der Waals surface area (Å²) in [5.74, 6) is 0.0478. The molecular formula is C26H25NO6S. The molecule has 0 atom stereocenters. The fourth-order valence-electron chi connectivity index (χ4n) is 2.97. The van der Waals surface area contributed by atoms with Gasteiger partial charge in [-0.25, -0.2) is 17.5 Å². The lowest BCUT2D eigenvalue weighted by atomic mass is 10.1. The van der Waals surface area contributed by atoms with Gasteiger partial charge in [0.15, 0.2) is 5.78 Å². The van der Waals surface area contributed by atoms with Crippen LogP contribution < -0.4 is 4.74 Å². The molecule has 3 aromatic rings. The Morgan fingerprint density at radius 3 is 2.00 bits per heavy atom. The second-order valence-corrected chi connectivity index (χ2v) is 9.71. The molecule has 0 heterocycles. The van der Waals surface area contributed by atoms with Gasteiger partial charge >= 0.3 is 5.97 Å². The van der Waals surface area contributed by atoms with Crippen LogP contribution in [0.15, 0.2) is 83.8 Å². The molecule has 34 heavy (non-hydrogen) atoms. The zero-order chi connectivity index (χ0) is 24.7. The van der Waals surface area contributed by atoms with Crippen molar-refractivity contribution in [1.82, 2.24) is 4.31 Å². The van der Waals surface area contributed by atoms with Crippen LogP contribution in [0.2, 0.25) is 0 Å². The Kier molecular flexibility index (Phi) is 7.99. The topological polar surface area (TPSA) is 90.0 Å². The summed E-state index contributed by atoms with van der Waals surface area (Å²) in [6, 6.07) is 20.1. The third-order valence-corrected chi connectivity index (χ3v) is 6.83. The Hall–Kier alpha value is -3.75. The van der Waals surface area contributed by atoms with Crippen LogP contribution in [0.4, 0.5) is 0 Å². The minimum atomic E-state index is -3.53. The van der Waals surface area contributed by atoms with E-state index in [4.69, 9.17) is 4.74 Å². The van der Waals surface area contributed by atoms with E-state index in [1.807, 2.05) is 12.1 Å². The van der Waals surface area contributed by atoms with Crippen LogP contribution in [-0.4, -0.2) is 45.7 Å². The maximum atomic E-state index is 12.4. The predicted molar refractivity (Wildman–Crippen MR) is 129 cm³/mol. The van der Waals surface area contributed by atoms with Crippen molar-refractivity contribution in [3.63, 3.8) is 0 Å². The van der Waals surface area contributed by atoms with Crippen molar-refractivity contribution in [2.75, 3.05) is 21.2 Å². The molecule has 0 N–H and O–H groups in total. The third kappa shape index (κ3) is 6.18. The van der Waals surface area contributed by atoms with E-state index in [0.717, 1.165) is 15.4 Å². The van der Waals surface area contributed by atoms with Crippen LogP contribution in [0.3, 0.4) is 0 Å². The molecule has 0 aromatic heterocycles. The summed E-state index contributed by atoms with van der Waals surface area (Å²) in [4.78, 5) is 24.0. The van der Waals surface area contributed by atoms with Crippen molar-refractivity contribution >= 4 is 27.9 Å². The highest BCUT2D eigenvalue weighted by atomic mass is 32.2. The van der Waals surface area contributed by atoms with Crippen LogP contribution in [0.25, 0.3) is 6.08 Å². The van der Waals surface area contributed by atoms with Gasteiger partial charge in [0, 0.05) is 19.7 Å². The Bertz CT molecular complexity index is 1280. The average Bonchev–Trinajstić information content (AvgIpc) is 2.86. The predicted octanol–water partition coefficient (Wildman–Crippen LogP) is 4.20. The second kappa shape index (κ2) is 10.9. The molecule has 0 saturated heterocycles. The standard InChI is InChI=1S/C26H25NO6S/c1-27(2)34(30,31)24-15-11-21(12-16-24)25(28)17-8-19-6-13-23(14-7-19)33-18-20-4-9-22(10-5-20)26(29)32-3/h4-17H,18H2,1-3H3. The third-order valence-electron chi connectivity index (χ3n) is 5.01. The van der Waals surface area contributed by atoms with E-state index in [1.54, 1.807) is 42.5 Å². The quantitative estimate of drug-likeness (QED) is 0.260. The number of sulfonamides is 1. The summed E-state index contributed by atoms with van der Waals surface area (Å²) >= 11 is 0. The second-order valence-electron chi connectivity index (χ2n) is 7.56. The van der Waals surface area contributed by atoms with Crippen LogP contribution >= 0.6 is 0 Å². The Labute approximate surface area is 199 Å². The number of hydrogen-bond acceptors (Lipinski definition) is 6. The maximum absolute atomic E-state index is 12.4. The number of rotatable bonds is 9. The molecule has 8 heteroatoms. The van der Waals surface area contributed by atoms with Crippen LogP contribution in [-0.2, 0) is 21.4 Å². The Balaban J connectivity index is 1.57. The van der Waals surface area contributed by atoms with Gasteiger partial charge in [0.05, 0.1) is 17.6 Å². The number of esters is 1. The first-order valence-electron chi connectivity index (χ1n) is 10.4. The minimum absolute atomic E-state index is 0.132. The number of carbonyl (C=O) groups is 2. The number of carbonyl (C=O) groups excluding carboxylic acids is 2. The van der Waals surface area contributed by atoms with Gasteiger partial charge in [-0.1, -0.05) is 30.3 Å². The smallest absolute Gasteiger partial charge is 0.337 e. The summed E-state index contributed by atoms with van der Waals surface area (Å²) in [6.07, 6.45) is 3.12. The van der Waals surface area contributed by atoms with Gasteiger partial charge in [-0.15, -0.1) is 0 Å². The first kappa shape index (κ1) is 24.9. The van der Waals surface area contributed by atoms with E-state index in [0.29, 0.717) is 23.5 Å². The highest BCUT2D eigenvalue weighted by Crippen LogP contribution is 2.17. The zero-order valence-corrected chi connectivity index (χ0v) is 19.9. The van der Waals surface area contributed by atoms with Gasteiger partial charge in [0.1, 0.15) is 12.4 Å². The largest absolute Gasteiger partial charge is 0.489 e. The minimum Gasteiger partial charge on any atom is -0.489 e. The molecule has 0 saturated carbocycles. The first-order valence-corrected chi connectivity index (χ1v) is 11.8. The molecule has 3 aromatic carbocycles. The van der Waals surface area contributed by atoms with E-state index in [-0.39, 0.29) is 16.6 Å². The number of ether oxygens (including phenoxy) is 2. The number of methoxy groups -OCH3 is 1. The van der Waals surface area contributed by atoms with E-state index >= 15 is 0 Å². The van der Waals surface area contributed by atoms with E-state index in [9.17, 15) is 18.0 Å². The zero-order valence-electron chi connectivity index (χ0n) is 19.1.